The molecule has 9 nitrogen and oxygen atoms in total. The van der Waals surface area contributed by atoms with Gasteiger partial charge in [0.05, 0.1) is 5.02 Å². The minimum atomic E-state index is -3.74. The number of rotatable bonds is 6. The molecular formula is C20H25ClN4O5S. The number of hydrogen-bond donors (Lipinski definition) is 2. The lowest BCUT2D eigenvalue weighted by atomic mass is 9.98. The van der Waals surface area contributed by atoms with Crippen LogP contribution < -0.4 is 10.6 Å². The normalized spacial score (nSPS) is 21.1. The summed E-state index contributed by atoms with van der Waals surface area (Å²) in [6.07, 6.45) is 4.54. The van der Waals surface area contributed by atoms with Crippen LogP contribution in [0.3, 0.4) is 0 Å². The van der Waals surface area contributed by atoms with Gasteiger partial charge in [0.2, 0.25) is 15.9 Å². The standard InChI is InChI=1S/C20H25ClN4O5S/c21-15-6-5-14(13-16(15)31(29,30)24-10-3-4-11-24)22-17(26)7-12-25-18(27)20(23-19(25)28)8-1-2-9-20/h5-6,13H,1-4,7-12H2,(H,22,26)(H,23,28). The van der Waals surface area contributed by atoms with Crippen LogP contribution in [0.4, 0.5) is 10.5 Å². The van der Waals surface area contributed by atoms with Crippen LogP contribution in [0.25, 0.3) is 0 Å². The molecule has 4 amide bonds. The van der Waals surface area contributed by atoms with Crippen LogP contribution in [0.2, 0.25) is 5.02 Å². The minimum absolute atomic E-state index is 0.0369. The summed E-state index contributed by atoms with van der Waals surface area (Å²) in [5.41, 5.74) is -0.514. The first kappa shape index (κ1) is 22.0. The Hall–Kier alpha value is -2.17. The molecule has 2 saturated heterocycles. The maximum atomic E-state index is 12.8. The highest BCUT2D eigenvalue weighted by Crippen LogP contribution is 2.35. The van der Waals surface area contributed by atoms with E-state index < -0.39 is 27.5 Å². The molecule has 4 rings (SSSR count). The van der Waals surface area contributed by atoms with E-state index in [4.69, 9.17) is 11.6 Å². The van der Waals surface area contributed by atoms with E-state index in [1.807, 2.05) is 0 Å². The van der Waals surface area contributed by atoms with E-state index in [0.29, 0.717) is 25.9 Å². The molecule has 3 aliphatic rings. The first-order valence-corrected chi connectivity index (χ1v) is 12.3. The molecule has 168 valence electrons. The molecule has 2 heterocycles. The van der Waals surface area contributed by atoms with Gasteiger partial charge in [0.25, 0.3) is 5.91 Å². The molecule has 1 spiro atoms. The number of hydrogen-bond acceptors (Lipinski definition) is 5. The number of carbonyl (C=O) groups excluding carboxylic acids is 3. The van der Waals surface area contributed by atoms with Gasteiger partial charge in [0.1, 0.15) is 10.4 Å². The maximum absolute atomic E-state index is 12.8. The molecule has 1 aromatic carbocycles. The zero-order valence-electron chi connectivity index (χ0n) is 17.0. The Balaban J connectivity index is 1.40. The van der Waals surface area contributed by atoms with Crippen molar-refractivity contribution in [3.8, 4) is 0 Å². The number of anilines is 1. The molecule has 3 fully saturated rings. The third-order valence-corrected chi connectivity index (χ3v) is 8.54. The SMILES string of the molecule is O=C(CCN1C(=O)NC2(CCCC2)C1=O)Nc1ccc(Cl)c(S(=O)(=O)N2CCCC2)c1. The van der Waals surface area contributed by atoms with Gasteiger partial charge in [-0.05, 0) is 43.9 Å². The highest BCUT2D eigenvalue weighted by atomic mass is 35.5. The number of nitrogens with one attached hydrogen (secondary N) is 2. The predicted octanol–water partition coefficient (Wildman–Crippen LogP) is 2.32. The first-order valence-electron chi connectivity index (χ1n) is 10.5. The average molecular weight is 469 g/mol. The Morgan fingerprint density at radius 1 is 1.13 bits per heavy atom. The molecule has 2 N–H and O–H groups in total. The van der Waals surface area contributed by atoms with Crippen molar-refractivity contribution in [2.45, 2.75) is 55.4 Å². The minimum Gasteiger partial charge on any atom is -0.326 e. The number of amides is 4. The molecule has 0 radical (unpaired) electrons. The lowest BCUT2D eigenvalue weighted by Crippen LogP contribution is -2.44. The Bertz CT molecular complexity index is 1020. The number of nitrogens with zero attached hydrogens (tertiary/aromatic N) is 2. The van der Waals surface area contributed by atoms with Crippen LogP contribution >= 0.6 is 11.6 Å². The van der Waals surface area contributed by atoms with Gasteiger partial charge < -0.3 is 10.6 Å². The van der Waals surface area contributed by atoms with Crippen molar-refractivity contribution >= 4 is 45.2 Å². The van der Waals surface area contributed by atoms with E-state index in [9.17, 15) is 22.8 Å². The van der Waals surface area contributed by atoms with Gasteiger partial charge in [-0.15, -0.1) is 0 Å². The fourth-order valence-electron chi connectivity index (χ4n) is 4.48. The number of carbonyl (C=O) groups is 3. The van der Waals surface area contributed by atoms with Crippen molar-refractivity contribution in [1.82, 2.24) is 14.5 Å². The van der Waals surface area contributed by atoms with E-state index in [2.05, 4.69) is 10.6 Å². The molecule has 0 atom stereocenters. The Morgan fingerprint density at radius 2 is 1.81 bits per heavy atom. The van der Waals surface area contributed by atoms with Crippen LogP contribution in [0, 0.1) is 0 Å². The number of benzene rings is 1. The molecule has 0 bridgehead atoms. The summed E-state index contributed by atoms with van der Waals surface area (Å²) in [4.78, 5) is 38.3. The monoisotopic (exact) mass is 468 g/mol. The zero-order chi connectivity index (χ0) is 22.2. The molecule has 2 aliphatic heterocycles. The van der Waals surface area contributed by atoms with E-state index in [1.165, 1.54) is 22.5 Å². The van der Waals surface area contributed by atoms with E-state index in [1.54, 1.807) is 0 Å². The average Bonchev–Trinajstić information content (AvgIpc) is 3.46. The predicted molar refractivity (Wildman–Crippen MR) is 114 cm³/mol. The van der Waals surface area contributed by atoms with Gasteiger partial charge in [0.15, 0.2) is 0 Å². The molecule has 31 heavy (non-hydrogen) atoms. The lowest BCUT2D eigenvalue weighted by molar-refractivity contribution is -0.131. The summed E-state index contributed by atoms with van der Waals surface area (Å²) >= 11 is 6.13. The largest absolute Gasteiger partial charge is 0.326 e. The van der Waals surface area contributed by atoms with Crippen LogP contribution in [0.1, 0.15) is 44.9 Å². The number of urea groups is 1. The van der Waals surface area contributed by atoms with Crippen LogP contribution in [0.15, 0.2) is 23.1 Å². The summed E-state index contributed by atoms with van der Waals surface area (Å²) in [6, 6.07) is 3.83. The highest BCUT2D eigenvalue weighted by Gasteiger charge is 2.52. The van der Waals surface area contributed by atoms with Crippen molar-refractivity contribution in [3.63, 3.8) is 0 Å². The quantitative estimate of drug-likeness (QED) is 0.621. The first-order chi connectivity index (χ1) is 14.7. The van der Waals surface area contributed by atoms with Crippen molar-refractivity contribution in [3.05, 3.63) is 23.2 Å². The summed E-state index contributed by atoms with van der Waals surface area (Å²) in [6.45, 7) is 0.857. The Kier molecular flexibility index (Phi) is 5.97. The second-order valence-electron chi connectivity index (χ2n) is 8.23. The van der Waals surface area contributed by atoms with Gasteiger partial charge in [-0.25, -0.2) is 13.2 Å². The fourth-order valence-corrected chi connectivity index (χ4v) is 6.50. The molecule has 0 unspecified atom stereocenters. The van der Waals surface area contributed by atoms with Crippen LogP contribution in [0.5, 0.6) is 0 Å². The maximum Gasteiger partial charge on any atom is 0.325 e. The van der Waals surface area contributed by atoms with Gasteiger partial charge >= 0.3 is 6.03 Å². The zero-order valence-corrected chi connectivity index (χ0v) is 18.6. The molecule has 1 aromatic rings. The fraction of sp³-hybridized carbons (Fsp3) is 0.550. The number of imide groups is 1. The van der Waals surface area contributed by atoms with E-state index in [0.717, 1.165) is 30.6 Å². The summed E-state index contributed by atoms with van der Waals surface area (Å²) in [7, 11) is -3.74. The molecule has 1 aliphatic carbocycles. The summed E-state index contributed by atoms with van der Waals surface area (Å²) in [5, 5.41) is 5.50. The second-order valence-corrected chi connectivity index (χ2v) is 10.5. The number of sulfonamides is 1. The third kappa shape index (κ3) is 4.16. The Labute approximate surface area is 186 Å². The van der Waals surface area contributed by atoms with E-state index >= 15 is 0 Å². The Morgan fingerprint density at radius 3 is 2.48 bits per heavy atom. The highest BCUT2D eigenvalue weighted by molar-refractivity contribution is 7.89. The van der Waals surface area contributed by atoms with Crippen LogP contribution in [-0.2, 0) is 19.6 Å². The van der Waals surface area contributed by atoms with Crippen molar-refractivity contribution in [2.75, 3.05) is 25.0 Å². The second kappa shape index (κ2) is 8.40. The van der Waals surface area contributed by atoms with Gasteiger partial charge in [-0.1, -0.05) is 24.4 Å². The summed E-state index contributed by atoms with van der Waals surface area (Å²) < 4.78 is 27.0. The lowest BCUT2D eigenvalue weighted by Gasteiger charge is -2.20. The molecule has 0 aromatic heterocycles. The van der Waals surface area contributed by atoms with Crippen molar-refractivity contribution in [1.29, 1.82) is 0 Å². The molecule has 11 heteroatoms. The van der Waals surface area contributed by atoms with Gasteiger partial charge in [-0.2, -0.15) is 4.31 Å². The van der Waals surface area contributed by atoms with Crippen LogP contribution in [-0.4, -0.2) is 60.6 Å². The smallest absolute Gasteiger partial charge is 0.325 e. The van der Waals surface area contributed by atoms with Crippen molar-refractivity contribution < 1.29 is 22.8 Å². The number of halogens is 1. The van der Waals surface area contributed by atoms with Gasteiger partial charge in [-0.3, -0.25) is 14.5 Å². The molecule has 1 saturated carbocycles. The topological polar surface area (TPSA) is 116 Å². The summed E-state index contributed by atoms with van der Waals surface area (Å²) in [5.74, 6) is -0.701. The van der Waals surface area contributed by atoms with E-state index in [-0.39, 0.29) is 34.5 Å². The third-order valence-electron chi connectivity index (χ3n) is 6.16. The molecular weight excluding hydrogens is 444 g/mol. The van der Waals surface area contributed by atoms with Gasteiger partial charge in [0, 0.05) is 31.7 Å². The van der Waals surface area contributed by atoms with Crippen molar-refractivity contribution in [2.24, 2.45) is 0 Å².